The lowest BCUT2D eigenvalue weighted by Crippen LogP contribution is -2.45. The van der Waals surface area contributed by atoms with Crippen molar-refractivity contribution in [3.63, 3.8) is 0 Å². The van der Waals surface area contributed by atoms with Gasteiger partial charge in [-0.2, -0.15) is 0 Å². The molecule has 33 heavy (non-hydrogen) atoms. The standard InChI is InChI=1S/C25H31FN4O2S/c1-25(2,3)32-24(31)29-19-7-9-21(10-8-19)30(15-22-13-27-16-33-22)14-20-6-4-17-12-18(26)5-11-23(17)28-20/h4-6,11-13,16,19,21H,7-10,14-15H2,1-3H3,(H,29,31). The SMILES string of the molecule is CC(C)(C)OC(=O)NC1CCC(N(Cc2ccc3cc(F)ccc3n2)Cc2cncs2)CC1. The quantitative estimate of drug-likeness (QED) is 0.503. The van der Waals surface area contributed by atoms with E-state index < -0.39 is 5.60 Å². The van der Waals surface area contributed by atoms with Crippen LogP contribution in [0.5, 0.6) is 0 Å². The number of carbonyl (C=O) groups is 1. The van der Waals surface area contributed by atoms with Crippen molar-refractivity contribution in [2.75, 3.05) is 0 Å². The van der Waals surface area contributed by atoms with Crippen LogP contribution in [0.1, 0.15) is 57.0 Å². The predicted octanol–water partition coefficient (Wildman–Crippen LogP) is 5.67. The van der Waals surface area contributed by atoms with Crippen LogP contribution in [0.2, 0.25) is 0 Å². The number of benzene rings is 1. The number of aromatic nitrogens is 2. The number of pyridine rings is 1. The monoisotopic (exact) mass is 470 g/mol. The zero-order chi connectivity index (χ0) is 23.4. The summed E-state index contributed by atoms with van der Waals surface area (Å²) in [7, 11) is 0. The van der Waals surface area contributed by atoms with E-state index in [1.807, 2.05) is 44.6 Å². The van der Waals surface area contributed by atoms with Gasteiger partial charge in [-0.3, -0.25) is 14.9 Å². The number of rotatable bonds is 6. The number of nitrogens with one attached hydrogen (secondary N) is 1. The summed E-state index contributed by atoms with van der Waals surface area (Å²) in [4.78, 5) is 24.8. The molecule has 1 amide bonds. The molecular formula is C25H31FN4O2S. The van der Waals surface area contributed by atoms with Crippen LogP contribution in [0, 0.1) is 5.82 Å². The van der Waals surface area contributed by atoms with Crippen LogP contribution in [0.4, 0.5) is 9.18 Å². The van der Waals surface area contributed by atoms with Gasteiger partial charge in [-0.1, -0.05) is 6.07 Å². The van der Waals surface area contributed by atoms with Crippen LogP contribution >= 0.6 is 11.3 Å². The number of hydrogen-bond acceptors (Lipinski definition) is 6. The summed E-state index contributed by atoms with van der Waals surface area (Å²) < 4.78 is 18.9. The summed E-state index contributed by atoms with van der Waals surface area (Å²) in [5, 5.41) is 3.83. The van der Waals surface area contributed by atoms with Crippen molar-refractivity contribution in [2.45, 2.75) is 77.2 Å². The molecule has 0 spiro atoms. The Kier molecular flexibility index (Phi) is 7.24. The zero-order valence-electron chi connectivity index (χ0n) is 19.4. The van der Waals surface area contributed by atoms with Crippen molar-refractivity contribution in [3.05, 3.63) is 58.4 Å². The fourth-order valence-corrected chi connectivity index (χ4v) is 4.95. The predicted molar refractivity (Wildman–Crippen MR) is 128 cm³/mol. The van der Waals surface area contributed by atoms with Crippen molar-refractivity contribution in [1.82, 2.24) is 20.2 Å². The first-order chi connectivity index (χ1) is 15.7. The minimum atomic E-state index is -0.495. The Morgan fingerprint density at radius 1 is 1.18 bits per heavy atom. The van der Waals surface area contributed by atoms with E-state index in [9.17, 15) is 9.18 Å². The third-order valence-corrected chi connectivity index (χ3v) is 6.61. The van der Waals surface area contributed by atoms with Gasteiger partial charge >= 0.3 is 6.09 Å². The van der Waals surface area contributed by atoms with Gasteiger partial charge in [0.2, 0.25) is 0 Å². The van der Waals surface area contributed by atoms with Gasteiger partial charge in [0, 0.05) is 41.6 Å². The molecule has 1 aliphatic rings. The fourth-order valence-electron chi connectivity index (χ4n) is 4.33. The van der Waals surface area contributed by atoms with E-state index in [1.165, 1.54) is 17.0 Å². The van der Waals surface area contributed by atoms with E-state index in [0.29, 0.717) is 12.6 Å². The number of thiazole rings is 1. The normalized spacial score (nSPS) is 19.1. The average Bonchev–Trinajstić information content (AvgIpc) is 3.26. The summed E-state index contributed by atoms with van der Waals surface area (Å²) in [6, 6.07) is 9.14. The number of halogens is 1. The first-order valence-corrected chi connectivity index (χ1v) is 12.3. The van der Waals surface area contributed by atoms with Gasteiger partial charge in [-0.25, -0.2) is 9.18 Å². The minimum Gasteiger partial charge on any atom is -0.444 e. The van der Waals surface area contributed by atoms with Gasteiger partial charge in [-0.15, -0.1) is 11.3 Å². The summed E-state index contributed by atoms with van der Waals surface area (Å²) in [6.07, 6.45) is 5.37. The van der Waals surface area contributed by atoms with Crippen LogP contribution in [-0.4, -0.2) is 38.6 Å². The van der Waals surface area contributed by atoms with E-state index in [1.54, 1.807) is 17.4 Å². The van der Waals surface area contributed by atoms with Crippen LogP contribution in [0.25, 0.3) is 10.9 Å². The van der Waals surface area contributed by atoms with Crippen molar-refractivity contribution in [2.24, 2.45) is 0 Å². The topological polar surface area (TPSA) is 67.3 Å². The Hall–Kier alpha value is -2.58. The molecule has 176 valence electrons. The number of carbonyl (C=O) groups excluding carboxylic acids is 1. The second-order valence-corrected chi connectivity index (χ2v) is 10.6. The van der Waals surface area contributed by atoms with Gasteiger partial charge in [0.25, 0.3) is 0 Å². The molecule has 2 aromatic heterocycles. The molecule has 0 bridgehead atoms. The van der Waals surface area contributed by atoms with Gasteiger partial charge in [0.05, 0.1) is 16.7 Å². The lowest BCUT2D eigenvalue weighted by atomic mass is 9.90. The molecule has 1 aliphatic carbocycles. The van der Waals surface area contributed by atoms with E-state index in [-0.39, 0.29) is 18.0 Å². The Morgan fingerprint density at radius 2 is 1.97 bits per heavy atom. The van der Waals surface area contributed by atoms with E-state index in [4.69, 9.17) is 9.72 Å². The number of fused-ring (bicyclic) bond motifs is 1. The third-order valence-electron chi connectivity index (χ3n) is 5.85. The summed E-state index contributed by atoms with van der Waals surface area (Å²) in [6.45, 7) is 7.14. The summed E-state index contributed by atoms with van der Waals surface area (Å²) in [5.41, 5.74) is 3.13. The van der Waals surface area contributed by atoms with Gasteiger partial charge in [0.1, 0.15) is 11.4 Å². The van der Waals surface area contributed by atoms with Crippen LogP contribution in [-0.2, 0) is 17.8 Å². The molecule has 0 unspecified atom stereocenters. The van der Waals surface area contributed by atoms with Crippen LogP contribution in [0.3, 0.4) is 0 Å². The van der Waals surface area contributed by atoms with Gasteiger partial charge in [-0.05, 0) is 70.7 Å². The highest BCUT2D eigenvalue weighted by Crippen LogP contribution is 2.27. The first-order valence-electron chi connectivity index (χ1n) is 11.4. The maximum Gasteiger partial charge on any atom is 0.407 e. The highest BCUT2D eigenvalue weighted by Gasteiger charge is 2.28. The van der Waals surface area contributed by atoms with Gasteiger partial charge in [0.15, 0.2) is 0 Å². The third kappa shape index (κ3) is 6.71. The Bertz CT molecular complexity index is 1080. The molecule has 6 nitrogen and oxygen atoms in total. The number of amides is 1. The van der Waals surface area contributed by atoms with Crippen molar-refractivity contribution in [3.8, 4) is 0 Å². The smallest absolute Gasteiger partial charge is 0.407 e. The molecule has 1 N–H and O–H groups in total. The highest BCUT2D eigenvalue weighted by molar-refractivity contribution is 7.09. The van der Waals surface area contributed by atoms with Gasteiger partial charge < -0.3 is 10.1 Å². The molecular weight excluding hydrogens is 439 g/mol. The van der Waals surface area contributed by atoms with Crippen LogP contribution in [0.15, 0.2) is 42.0 Å². The lowest BCUT2D eigenvalue weighted by molar-refractivity contribution is 0.0473. The largest absolute Gasteiger partial charge is 0.444 e. The number of ether oxygens (including phenoxy) is 1. The minimum absolute atomic E-state index is 0.134. The molecule has 8 heteroatoms. The Labute approximate surface area is 198 Å². The molecule has 0 saturated heterocycles. The van der Waals surface area contributed by atoms with Crippen LogP contribution < -0.4 is 5.32 Å². The lowest BCUT2D eigenvalue weighted by Gasteiger charge is -2.37. The molecule has 1 fully saturated rings. The second-order valence-electron chi connectivity index (χ2n) is 9.66. The molecule has 3 aromatic rings. The van der Waals surface area contributed by atoms with Crippen molar-refractivity contribution in [1.29, 1.82) is 0 Å². The highest BCUT2D eigenvalue weighted by atomic mass is 32.1. The average molecular weight is 471 g/mol. The number of nitrogens with zero attached hydrogens (tertiary/aromatic N) is 3. The summed E-state index contributed by atoms with van der Waals surface area (Å²) >= 11 is 1.66. The number of alkyl carbamates (subject to hydrolysis) is 1. The fraction of sp³-hybridized carbons (Fsp3) is 0.480. The Balaban J connectivity index is 1.42. The molecule has 2 heterocycles. The van der Waals surface area contributed by atoms with E-state index in [0.717, 1.165) is 48.8 Å². The number of hydrogen-bond donors (Lipinski definition) is 1. The zero-order valence-corrected chi connectivity index (χ0v) is 20.2. The Morgan fingerprint density at radius 3 is 2.67 bits per heavy atom. The maximum atomic E-state index is 13.5. The van der Waals surface area contributed by atoms with Crippen molar-refractivity contribution >= 4 is 28.3 Å². The molecule has 0 aliphatic heterocycles. The summed E-state index contributed by atoms with van der Waals surface area (Å²) in [5.74, 6) is -0.249. The van der Waals surface area contributed by atoms with Crippen molar-refractivity contribution < 1.29 is 13.9 Å². The molecule has 4 rings (SSSR count). The van der Waals surface area contributed by atoms with E-state index in [2.05, 4.69) is 15.2 Å². The van der Waals surface area contributed by atoms with E-state index >= 15 is 0 Å². The molecule has 0 radical (unpaired) electrons. The maximum absolute atomic E-state index is 13.5. The molecule has 0 atom stereocenters. The second kappa shape index (κ2) is 10.1. The first kappa shape index (κ1) is 23.6. The molecule has 1 saturated carbocycles. The molecule has 1 aromatic carbocycles.